The molecule has 0 N–H and O–H groups in total. The number of hydrogen-bond acceptors (Lipinski definition) is 6. The maximum Gasteiger partial charge on any atom is 0.333 e. The Morgan fingerprint density at radius 1 is 1.29 bits per heavy atom. The van der Waals surface area contributed by atoms with Crippen molar-refractivity contribution >= 4 is 33.9 Å². The van der Waals surface area contributed by atoms with E-state index in [1.165, 1.54) is 0 Å². The molecule has 0 amide bonds. The lowest BCUT2D eigenvalue weighted by molar-refractivity contribution is -0.385. The monoisotopic (exact) mass is 332 g/mol. The van der Waals surface area contributed by atoms with Crippen LogP contribution in [0.5, 0.6) is 0 Å². The molecule has 0 unspecified atom stereocenters. The van der Waals surface area contributed by atoms with E-state index in [4.69, 9.17) is 11.6 Å². The van der Waals surface area contributed by atoms with Gasteiger partial charge in [0.25, 0.3) is 0 Å². The van der Waals surface area contributed by atoms with Crippen LogP contribution in [0.3, 0.4) is 0 Å². The van der Waals surface area contributed by atoms with Crippen molar-refractivity contribution in [3.05, 3.63) is 21.1 Å². The van der Waals surface area contributed by atoms with Crippen molar-refractivity contribution in [1.29, 1.82) is 0 Å². The molecule has 1 aromatic heterocycles. The normalized spacial score (nSPS) is 17.0. The van der Waals surface area contributed by atoms with Crippen molar-refractivity contribution in [2.24, 2.45) is 0 Å². The number of halogens is 1. The van der Waals surface area contributed by atoms with Crippen molar-refractivity contribution in [3.8, 4) is 0 Å². The number of hydrogen-bond donors (Lipinski definition) is 0. The fourth-order valence-corrected chi connectivity index (χ4v) is 3.39. The first-order valence-electron chi connectivity index (χ1n) is 6.52. The third-order valence-electron chi connectivity index (χ3n) is 3.21. The summed E-state index contributed by atoms with van der Waals surface area (Å²) in [5.41, 5.74) is -0.323. The van der Waals surface area contributed by atoms with E-state index >= 15 is 0 Å². The van der Waals surface area contributed by atoms with Crippen molar-refractivity contribution in [2.75, 3.05) is 29.5 Å². The van der Waals surface area contributed by atoms with Crippen LogP contribution in [-0.2, 0) is 16.2 Å². The Balaban J connectivity index is 2.56. The molecule has 0 radical (unpaired) electrons. The van der Waals surface area contributed by atoms with Crippen LogP contribution in [0.25, 0.3) is 0 Å². The second-order valence-electron chi connectivity index (χ2n) is 5.86. The summed E-state index contributed by atoms with van der Waals surface area (Å²) in [4.78, 5) is 20.9. The van der Waals surface area contributed by atoms with E-state index in [9.17, 15) is 14.3 Å². The number of rotatable bonds is 2. The van der Waals surface area contributed by atoms with Gasteiger partial charge in [0.05, 0.1) is 4.92 Å². The predicted molar refractivity (Wildman–Crippen MR) is 82.5 cm³/mol. The molecule has 1 aromatic rings. The molecule has 1 aliphatic rings. The minimum atomic E-state index is -0.868. The van der Waals surface area contributed by atoms with Crippen LogP contribution in [0.1, 0.15) is 26.5 Å². The van der Waals surface area contributed by atoms with Gasteiger partial charge in [-0.15, -0.1) is 0 Å². The molecule has 21 heavy (non-hydrogen) atoms. The fraction of sp³-hybridized carbons (Fsp3) is 0.667. The maximum atomic E-state index is 11.5. The third kappa shape index (κ3) is 3.49. The number of nitrogens with zero attached hydrogens (tertiary/aromatic N) is 4. The molecule has 1 saturated heterocycles. The van der Waals surface area contributed by atoms with Gasteiger partial charge in [-0.05, 0) is 11.6 Å². The van der Waals surface area contributed by atoms with Crippen molar-refractivity contribution in [2.45, 2.75) is 26.2 Å². The minimum Gasteiger partial charge on any atom is -0.349 e. The van der Waals surface area contributed by atoms with Crippen LogP contribution in [-0.4, -0.2) is 43.7 Å². The Labute approximate surface area is 130 Å². The average molecular weight is 333 g/mol. The lowest BCUT2D eigenvalue weighted by atomic mass is 9.90. The van der Waals surface area contributed by atoms with Gasteiger partial charge in [-0.2, -0.15) is 4.98 Å². The van der Waals surface area contributed by atoms with Crippen LogP contribution < -0.4 is 4.90 Å². The molecule has 1 aliphatic heterocycles. The molecule has 2 rings (SSSR count). The molecule has 9 heteroatoms. The van der Waals surface area contributed by atoms with E-state index < -0.39 is 21.1 Å². The number of aromatic nitrogens is 2. The fourth-order valence-electron chi connectivity index (χ4n) is 2.18. The quantitative estimate of drug-likeness (QED) is 0.467. The average Bonchev–Trinajstić information content (AvgIpc) is 2.37. The lowest BCUT2D eigenvalue weighted by Crippen LogP contribution is -2.39. The van der Waals surface area contributed by atoms with Crippen LogP contribution in [0, 0.1) is 10.1 Å². The van der Waals surface area contributed by atoms with Crippen molar-refractivity contribution in [3.63, 3.8) is 0 Å². The minimum absolute atomic E-state index is 0.00720. The van der Waals surface area contributed by atoms with E-state index in [1.54, 1.807) is 4.90 Å². The van der Waals surface area contributed by atoms with Gasteiger partial charge >= 0.3 is 5.69 Å². The molecule has 0 spiro atoms. The standard InChI is InChI=1S/C12H17ClN4O3S/c1-12(2,3)9-8(17(18)19)10(15-11(13)14-9)16-4-6-21(20)7-5-16/h4-7H2,1-3H3. The smallest absolute Gasteiger partial charge is 0.333 e. The lowest BCUT2D eigenvalue weighted by Gasteiger charge is -2.28. The van der Waals surface area contributed by atoms with Crippen molar-refractivity contribution < 1.29 is 9.13 Å². The molecule has 0 aromatic carbocycles. The molecule has 1 fully saturated rings. The highest BCUT2D eigenvalue weighted by Gasteiger charge is 2.35. The molecule has 0 aliphatic carbocycles. The van der Waals surface area contributed by atoms with E-state index in [-0.39, 0.29) is 16.8 Å². The van der Waals surface area contributed by atoms with Crippen LogP contribution in [0.2, 0.25) is 5.28 Å². The maximum absolute atomic E-state index is 11.5. The highest BCUT2D eigenvalue weighted by Crippen LogP contribution is 2.37. The first-order chi connectivity index (χ1) is 9.70. The highest BCUT2D eigenvalue weighted by molar-refractivity contribution is 7.85. The summed E-state index contributed by atoms with van der Waals surface area (Å²) in [5.74, 6) is 1.18. The molecule has 2 heterocycles. The summed E-state index contributed by atoms with van der Waals surface area (Å²) in [6.45, 7) is 6.45. The molecule has 7 nitrogen and oxygen atoms in total. The van der Waals surface area contributed by atoms with Gasteiger partial charge in [0.15, 0.2) is 0 Å². The Morgan fingerprint density at radius 2 is 1.86 bits per heavy atom. The Kier molecular flexibility index (Phi) is 4.48. The summed E-state index contributed by atoms with van der Waals surface area (Å²) >= 11 is 5.95. The van der Waals surface area contributed by atoms with E-state index in [1.807, 2.05) is 20.8 Å². The molecule has 116 valence electrons. The molecule has 0 bridgehead atoms. The van der Waals surface area contributed by atoms with E-state index in [0.29, 0.717) is 30.3 Å². The van der Waals surface area contributed by atoms with Crippen LogP contribution >= 0.6 is 11.6 Å². The Morgan fingerprint density at radius 3 is 2.33 bits per heavy atom. The molecule has 0 saturated carbocycles. The van der Waals surface area contributed by atoms with Crippen molar-refractivity contribution in [1.82, 2.24) is 9.97 Å². The molecule has 0 atom stereocenters. The van der Waals surface area contributed by atoms with Gasteiger partial charge < -0.3 is 4.90 Å². The third-order valence-corrected chi connectivity index (χ3v) is 4.65. The van der Waals surface area contributed by atoms with Gasteiger partial charge in [-0.25, -0.2) is 4.98 Å². The topological polar surface area (TPSA) is 89.2 Å². The van der Waals surface area contributed by atoms with Gasteiger partial charge in [-0.1, -0.05) is 20.8 Å². The second kappa shape index (κ2) is 5.84. The largest absolute Gasteiger partial charge is 0.349 e. The summed E-state index contributed by atoms with van der Waals surface area (Å²) in [7, 11) is -0.868. The van der Waals surface area contributed by atoms with E-state index in [0.717, 1.165) is 0 Å². The Bertz CT molecular complexity index is 593. The summed E-state index contributed by atoms with van der Waals surface area (Å²) in [5, 5.41) is 11.5. The van der Waals surface area contributed by atoms with E-state index in [2.05, 4.69) is 9.97 Å². The van der Waals surface area contributed by atoms with Crippen LogP contribution in [0.15, 0.2) is 0 Å². The molecular formula is C12H17ClN4O3S. The van der Waals surface area contributed by atoms with Gasteiger partial charge in [0, 0.05) is 40.8 Å². The van der Waals surface area contributed by atoms with Gasteiger partial charge in [-0.3, -0.25) is 14.3 Å². The first-order valence-corrected chi connectivity index (χ1v) is 8.39. The second-order valence-corrected chi connectivity index (χ2v) is 7.89. The summed E-state index contributed by atoms with van der Waals surface area (Å²) in [6.07, 6.45) is 0. The predicted octanol–water partition coefficient (Wildman–Crippen LogP) is 1.90. The summed E-state index contributed by atoms with van der Waals surface area (Å²) < 4.78 is 11.4. The first kappa shape index (κ1) is 16.1. The molecular weight excluding hydrogens is 316 g/mol. The summed E-state index contributed by atoms with van der Waals surface area (Å²) in [6, 6.07) is 0. The number of anilines is 1. The van der Waals surface area contributed by atoms with Crippen LogP contribution in [0.4, 0.5) is 11.5 Å². The zero-order valence-electron chi connectivity index (χ0n) is 12.1. The van der Waals surface area contributed by atoms with Gasteiger partial charge in [0.2, 0.25) is 11.1 Å². The Hall–Kier alpha value is -1.28. The van der Waals surface area contributed by atoms with Gasteiger partial charge in [0.1, 0.15) is 5.69 Å². The SMILES string of the molecule is CC(C)(C)c1nc(Cl)nc(N2CCS(=O)CC2)c1[N+](=O)[O-]. The highest BCUT2D eigenvalue weighted by atomic mass is 35.5. The zero-order chi connectivity index (χ0) is 15.8. The number of nitro groups is 1. The zero-order valence-corrected chi connectivity index (χ0v) is 13.7.